The number of rotatable bonds is 3. The standard InChI is InChI=1S/C16H11ClFN5O/c1-8-13(23-24-22-8)16-20-14-10(3-4-11(18)15(14)21-16)6-9-2-5-12(17)19-7-9/h2-5,7H,6H2,1H3,(H,20,21). The van der Waals surface area contributed by atoms with Crippen LogP contribution in [0.25, 0.3) is 22.6 Å². The van der Waals surface area contributed by atoms with Crippen molar-refractivity contribution in [3.8, 4) is 11.5 Å². The molecule has 0 aliphatic rings. The monoisotopic (exact) mass is 343 g/mol. The van der Waals surface area contributed by atoms with Crippen LogP contribution in [0.4, 0.5) is 4.39 Å². The number of nitrogens with zero attached hydrogens (tertiary/aromatic N) is 4. The molecule has 8 heteroatoms. The SMILES string of the molecule is Cc1nonc1-c1nc2c(Cc3ccc(Cl)nc3)ccc(F)c2[nH]1. The number of fused-ring (bicyclic) bond motifs is 1. The highest BCUT2D eigenvalue weighted by molar-refractivity contribution is 6.29. The summed E-state index contributed by atoms with van der Waals surface area (Å²) >= 11 is 5.81. The molecule has 3 heterocycles. The second-order valence-corrected chi connectivity index (χ2v) is 5.77. The molecule has 4 aromatic rings. The molecule has 0 amide bonds. The summed E-state index contributed by atoms with van der Waals surface area (Å²) in [7, 11) is 0. The van der Waals surface area contributed by atoms with Crippen molar-refractivity contribution in [2.45, 2.75) is 13.3 Å². The zero-order valence-corrected chi connectivity index (χ0v) is 13.3. The van der Waals surface area contributed by atoms with Crippen molar-refractivity contribution in [2.24, 2.45) is 0 Å². The Morgan fingerprint density at radius 3 is 2.79 bits per heavy atom. The van der Waals surface area contributed by atoms with Crippen LogP contribution < -0.4 is 0 Å². The predicted octanol–water partition coefficient (Wildman–Crippen LogP) is 3.70. The van der Waals surface area contributed by atoms with Gasteiger partial charge in [0, 0.05) is 12.6 Å². The van der Waals surface area contributed by atoms with Crippen LogP contribution in [0.15, 0.2) is 35.1 Å². The van der Waals surface area contributed by atoms with Crippen LogP contribution in [0.3, 0.4) is 0 Å². The maximum atomic E-state index is 14.2. The molecule has 120 valence electrons. The smallest absolute Gasteiger partial charge is 0.173 e. The molecule has 24 heavy (non-hydrogen) atoms. The molecule has 0 aliphatic carbocycles. The molecule has 0 atom stereocenters. The third kappa shape index (κ3) is 2.52. The molecule has 0 unspecified atom stereocenters. The molecule has 0 radical (unpaired) electrons. The average Bonchev–Trinajstić information content (AvgIpc) is 3.19. The molecule has 4 rings (SSSR count). The van der Waals surface area contributed by atoms with E-state index in [-0.39, 0.29) is 5.82 Å². The normalized spacial score (nSPS) is 11.3. The topological polar surface area (TPSA) is 80.5 Å². The quantitative estimate of drug-likeness (QED) is 0.574. The Balaban J connectivity index is 1.81. The van der Waals surface area contributed by atoms with Crippen LogP contribution in [-0.2, 0) is 6.42 Å². The first-order chi connectivity index (χ1) is 11.6. The van der Waals surface area contributed by atoms with E-state index in [1.807, 2.05) is 6.07 Å². The Labute approximate surface area is 140 Å². The van der Waals surface area contributed by atoms with Crippen molar-refractivity contribution in [2.75, 3.05) is 0 Å². The second-order valence-electron chi connectivity index (χ2n) is 5.38. The zero-order valence-electron chi connectivity index (χ0n) is 12.5. The van der Waals surface area contributed by atoms with Crippen LogP contribution in [0.1, 0.15) is 16.8 Å². The van der Waals surface area contributed by atoms with Gasteiger partial charge < -0.3 is 4.98 Å². The van der Waals surface area contributed by atoms with Gasteiger partial charge in [0.1, 0.15) is 22.2 Å². The van der Waals surface area contributed by atoms with E-state index in [0.717, 1.165) is 11.1 Å². The van der Waals surface area contributed by atoms with Gasteiger partial charge in [0.25, 0.3) is 0 Å². The van der Waals surface area contributed by atoms with Gasteiger partial charge in [0.2, 0.25) is 0 Å². The van der Waals surface area contributed by atoms with Gasteiger partial charge in [-0.2, -0.15) is 0 Å². The van der Waals surface area contributed by atoms with Crippen LogP contribution in [-0.4, -0.2) is 25.3 Å². The lowest BCUT2D eigenvalue weighted by atomic mass is 10.1. The number of nitrogens with one attached hydrogen (secondary N) is 1. The highest BCUT2D eigenvalue weighted by atomic mass is 35.5. The summed E-state index contributed by atoms with van der Waals surface area (Å²) in [4.78, 5) is 11.5. The maximum absolute atomic E-state index is 14.2. The largest absolute Gasteiger partial charge is 0.334 e. The number of aromatic amines is 1. The molecule has 0 spiro atoms. The van der Waals surface area contributed by atoms with E-state index in [2.05, 4.69) is 29.9 Å². The fraction of sp³-hybridized carbons (Fsp3) is 0.125. The van der Waals surface area contributed by atoms with Gasteiger partial charge >= 0.3 is 0 Å². The van der Waals surface area contributed by atoms with Crippen molar-refractivity contribution in [1.29, 1.82) is 0 Å². The molecule has 1 N–H and O–H groups in total. The van der Waals surface area contributed by atoms with E-state index in [4.69, 9.17) is 11.6 Å². The van der Waals surface area contributed by atoms with Gasteiger partial charge in [0.05, 0.1) is 5.52 Å². The third-order valence-electron chi connectivity index (χ3n) is 3.74. The Kier molecular flexibility index (Phi) is 3.50. The summed E-state index contributed by atoms with van der Waals surface area (Å²) in [6.07, 6.45) is 2.25. The van der Waals surface area contributed by atoms with Gasteiger partial charge in [-0.1, -0.05) is 28.9 Å². The zero-order chi connectivity index (χ0) is 16.7. The van der Waals surface area contributed by atoms with Gasteiger partial charge in [-0.05, 0) is 35.3 Å². The Morgan fingerprint density at radius 1 is 1.21 bits per heavy atom. The molecular weight excluding hydrogens is 333 g/mol. The van der Waals surface area contributed by atoms with E-state index in [9.17, 15) is 4.39 Å². The molecule has 3 aromatic heterocycles. The maximum Gasteiger partial charge on any atom is 0.173 e. The number of hydrogen-bond donors (Lipinski definition) is 1. The molecule has 0 aliphatic heterocycles. The number of H-pyrrole nitrogens is 1. The third-order valence-corrected chi connectivity index (χ3v) is 3.96. The minimum absolute atomic E-state index is 0.326. The highest BCUT2D eigenvalue weighted by Crippen LogP contribution is 2.26. The lowest BCUT2D eigenvalue weighted by Crippen LogP contribution is -1.92. The number of imidazole rings is 1. The summed E-state index contributed by atoms with van der Waals surface area (Å²) in [6, 6.07) is 6.73. The van der Waals surface area contributed by atoms with E-state index in [0.29, 0.717) is 39.8 Å². The lowest BCUT2D eigenvalue weighted by Gasteiger charge is -2.03. The number of pyridine rings is 1. The minimum atomic E-state index is -0.379. The molecule has 0 bridgehead atoms. The van der Waals surface area contributed by atoms with E-state index in [1.54, 1.807) is 25.3 Å². The summed E-state index contributed by atoms with van der Waals surface area (Å²) in [5, 5.41) is 7.96. The van der Waals surface area contributed by atoms with E-state index < -0.39 is 0 Å². The molecule has 0 fully saturated rings. The number of aryl methyl sites for hydroxylation is 1. The molecule has 6 nitrogen and oxygen atoms in total. The Bertz CT molecular complexity index is 1020. The van der Waals surface area contributed by atoms with Gasteiger partial charge in [-0.3, -0.25) is 0 Å². The van der Waals surface area contributed by atoms with Crippen LogP contribution in [0.5, 0.6) is 0 Å². The summed E-state index contributed by atoms with van der Waals surface area (Å²) in [5.41, 5.74) is 3.74. The molecule has 1 aromatic carbocycles. The second kappa shape index (κ2) is 5.68. The van der Waals surface area contributed by atoms with Crippen molar-refractivity contribution in [1.82, 2.24) is 25.3 Å². The average molecular weight is 344 g/mol. The summed E-state index contributed by atoms with van der Waals surface area (Å²) in [6.45, 7) is 1.75. The van der Waals surface area contributed by atoms with Crippen LogP contribution in [0.2, 0.25) is 5.15 Å². The van der Waals surface area contributed by atoms with Crippen molar-refractivity contribution < 1.29 is 9.02 Å². The first-order valence-electron chi connectivity index (χ1n) is 7.19. The van der Waals surface area contributed by atoms with Crippen molar-refractivity contribution in [3.63, 3.8) is 0 Å². The Morgan fingerprint density at radius 2 is 2.08 bits per heavy atom. The molecule has 0 saturated carbocycles. The lowest BCUT2D eigenvalue weighted by molar-refractivity contribution is 0.305. The van der Waals surface area contributed by atoms with Gasteiger partial charge in [-0.15, -0.1) is 0 Å². The molecule has 0 saturated heterocycles. The number of halogens is 2. The summed E-state index contributed by atoms with van der Waals surface area (Å²) in [5.74, 6) is 0.0418. The first-order valence-corrected chi connectivity index (χ1v) is 7.56. The number of hydrogen-bond acceptors (Lipinski definition) is 5. The van der Waals surface area contributed by atoms with Gasteiger partial charge in [-0.25, -0.2) is 19.0 Å². The number of benzene rings is 1. The van der Waals surface area contributed by atoms with Crippen LogP contribution >= 0.6 is 11.6 Å². The minimum Gasteiger partial charge on any atom is -0.334 e. The summed E-state index contributed by atoms with van der Waals surface area (Å²) < 4.78 is 18.8. The predicted molar refractivity (Wildman–Crippen MR) is 86.1 cm³/mol. The van der Waals surface area contributed by atoms with Crippen molar-refractivity contribution >= 4 is 22.6 Å². The van der Waals surface area contributed by atoms with E-state index in [1.165, 1.54) is 6.07 Å². The Hall–Kier alpha value is -2.80. The van der Waals surface area contributed by atoms with E-state index >= 15 is 0 Å². The fourth-order valence-corrected chi connectivity index (χ4v) is 2.66. The van der Waals surface area contributed by atoms with Gasteiger partial charge in [0.15, 0.2) is 11.5 Å². The van der Waals surface area contributed by atoms with Crippen molar-refractivity contribution in [3.05, 3.63) is 58.3 Å². The van der Waals surface area contributed by atoms with Crippen LogP contribution in [0, 0.1) is 12.7 Å². The highest BCUT2D eigenvalue weighted by Gasteiger charge is 2.17. The fourth-order valence-electron chi connectivity index (χ4n) is 2.55. The first kappa shape index (κ1) is 14.8. The number of aromatic nitrogens is 5. The molecular formula is C16H11ClFN5O.